The number of hydrogen-bond acceptors (Lipinski definition) is 9. The predicted octanol–water partition coefficient (Wildman–Crippen LogP) is 1.16. The van der Waals surface area contributed by atoms with Gasteiger partial charge in [0, 0.05) is 12.8 Å². The maximum atomic E-state index is 10.5. The highest BCUT2D eigenvalue weighted by molar-refractivity contribution is 5.86. The highest BCUT2D eigenvalue weighted by Crippen LogP contribution is 2.33. The van der Waals surface area contributed by atoms with Gasteiger partial charge in [-0.3, -0.25) is 4.57 Å². The van der Waals surface area contributed by atoms with Crippen molar-refractivity contribution < 1.29 is 24.8 Å². The molecule has 0 bridgehead atoms. The predicted molar refractivity (Wildman–Crippen MR) is 104 cm³/mol. The summed E-state index contributed by atoms with van der Waals surface area (Å²) in [4.78, 5) is 13.3. The number of aliphatic hydroxyl groups is 2. The molecule has 3 aromatic rings. The minimum absolute atomic E-state index is 0.155. The number of anilines is 2. The molecule has 1 aliphatic heterocycles. The van der Waals surface area contributed by atoms with Crippen LogP contribution in [-0.4, -0.2) is 66.9 Å². The number of aromatic nitrogens is 4. The molecule has 0 unspecified atom stereocenters. The fourth-order valence-electron chi connectivity index (χ4n) is 3.48. The van der Waals surface area contributed by atoms with E-state index in [0.29, 0.717) is 22.8 Å². The van der Waals surface area contributed by atoms with Gasteiger partial charge in [-0.1, -0.05) is 0 Å². The monoisotopic (exact) mass is 401 g/mol. The number of phenolic OH excluding ortho intramolecular Hbond substituents is 1. The molecule has 10 nitrogen and oxygen atoms in total. The largest absolute Gasteiger partial charge is 0.508 e. The fraction of sp³-hybridized carbons (Fsp3) is 0.421. The molecule has 29 heavy (non-hydrogen) atoms. The highest BCUT2D eigenvalue weighted by Gasteiger charge is 2.44. The Kier molecular flexibility index (Phi) is 5.09. The standard InChI is InChI=1S/C19H23N5O5/c1-9-6-11(25)4-5-12(9)23-17-14-18(22-10(2)21-17)24(8-20-14)19-16(27)15(26)13(29-19)7-28-3/h4-6,8,13,15-16,19,25-27H,7H2,1-3H3,(H,21,22,23)/t13-,15-,16-,19-/m1/s1. The second kappa shape index (κ2) is 7.56. The molecule has 10 heteroatoms. The number of aliphatic hydroxyl groups excluding tert-OH is 2. The average Bonchev–Trinajstić information content (AvgIpc) is 3.20. The molecule has 0 radical (unpaired) electrons. The Balaban J connectivity index is 1.72. The number of benzene rings is 1. The van der Waals surface area contributed by atoms with E-state index in [1.807, 2.05) is 6.92 Å². The molecule has 1 aliphatic rings. The first-order valence-corrected chi connectivity index (χ1v) is 9.17. The lowest BCUT2D eigenvalue weighted by atomic mass is 10.1. The average molecular weight is 401 g/mol. The van der Waals surface area contributed by atoms with E-state index in [1.165, 1.54) is 13.4 Å². The molecule has 0 amide bonds. The molecule has 4 rings (SSSR count). The SMILES string of the molecule is COC[C@H]1O[C@@H](n2cnc3c(Nc4ccc(O)cc4C)nc(C)nc32)[C@H](O)[C@@H]1O. The third kappa shape index (κ3) is 3.51. The van der Waals surface area contributed by atoms with Gasteiger partial charge in [0.2, 0.25) is 0 Å². The van der Waals surface area contributed by atoms with E-state index >= 15 is 0 Å². The number of aryl methyl sites for hydroxylation is 2. The summed E-state index contributed by atoms with van der Waals surface area (Å²) >= 11 is 0. The van der Waals surface area contributed by atoms with Crippen LogP contribution in [-0.2, 0) is 9.47 Å². The Morgan fingerprint density at radius 1 is 1.21 bits per heavy atom. The van der Waals surface area contributed by atoms with E-state index in [-0.39, 0.29) is 12.4 Å². The van der Waals surface area contributed by atoms with Crippen molar-refractivity contribution >= 4 is 22.7 Å². The lowest BCUT2D eigenvalue weighted by Crippen LogP contribution is -2.33. The van der Waals surface area contributed by atoms with Gasteiger partial charge in [0.25, 0.3) is 0 Å². The molecule has 1 saturated heterocycles. The third-order valence-electron chi connectivity index (χ3n) is 4.94. The third-order valence-corrected chi connectivity index (χ3v) is 4.94. The number of nitrogens with zero attached hydrogens (tertiary/aromatic N) is 4. The normalized spacial score (nSPS) is 24.3. The van der Waals surface area contributed by atoms with Crippen LogP contribution in [0.3, 0.4) is 0 Å². The van der Waals surface area contributed by atoms with Crippen LogP contribution in [0.25, 0.3) is 11.2 Å². The number of imidazole rings is 1. The molecule has 0 spiro atoms. The second-order valence-electron chi connectivity index (χ2n) is 7.07. The number of rotatable bonds is 5. The van der Waals surface area contributed by atoms with Crippen LogP contribution in [0.5, 0.6) is 5.75 Å². The van der Waals surface area contributed by atoms with Crippen molar-refractivity contribution in [2.75, 3.05) is 19.0 Å². The van der Waals surface area contributed by atoms with Crippen molar-refractivity contribution in [1.82, 2.24) is 19.5 Å². The number of hydrogen-bond donors (Lipinski definition) is 4. The zero-order chi connectivity index (χ0) is 20.7. The Bertz CT molecular complexity index is 1040. The molecular weight excluding hydrogens is 378 g/mol. The smallest absolute Gasteiger partial charge is 0.167 e. The van der Waals surface area contributed by atoms with Crippen LogP contribution in [0.2, 0.25) is 0 Å². The van der Waals surface area contributed by atoms with Crippen molar-refractivity contribution in [1.29, 1.82) is 0 Å². The summed E-state index contributed by atoms with van der Waals surface area (Å²) < 4.78 is 12.4. The van der Waals surface area contributed by atoms with Crippen LogP contribution in [0.15, 0.2) is 24.5 Å². The first kappa shape index (κ1) is 19.5. The zero-order valence-electron chi connectivity index (χ0n) is 16.3. The Hall–Kier alpha value is -2.79. The lowest BCUT2D eigenvalue weighted by molar-refractivity contribution is -0.0580. The van der Waals surface area contributed by atoms with E-state index in [1.54, 1.807) is 29.7 Å². The van der Waals surface area contributed by atoms with Gasteiger partial charge >= 0.3 is 0 Å². The summed E-state index contributed by atoms with van der Waals surface area (Å²) in [6.07, 6.45) is -2.25. The molecule has 4 atom stereocenters. The number of methoxy groups -OCH3 is 1. The number of ether oxygens (including phenoxy) is 2. The Morgan fingerprint density at radius 2 is 2.00 bits per heavy atom. The first-order valence-electron chi connectivity index (χ1n) is 9.17. The van der Waals surface area contributed by atoms with Gasteiger partial charge in [0.1, 0.15) is 29.9 Å². The maximum absolute atomic E-state index is 10.5. The summed E-state index contributed by atoms with van der Waals surface area (Å²) in [7, 11) is 1.50. The summed E-state index contributed by atoms with van der Waals surface area (Å²) in [5.41, 5.74) is 2.56. The first-order chi connectivity index (χ1) is 13.9. The molecule has 1 fully saturated rings. The van der Waals surface area contributed by atoms with Crippen LogP contribution in [0.4, 0.5) is 11.5 Å². The van der Waals surface area contributed by atoms with Gasteiger partial charge in [-0.25, -0.2) is 15.0 Å². The van der Waals surface area contributed by atoms with E-state index in [0.717, 1.165) is 11.3 Å². The van der Waals surface area contributed by atoms with E-state index in [4.69, 9.17) is 9.47 Å². The van der Waals surface area contributed by atoms with Crippen LogP contribution in [0.1, 0.15) is 17.6 Å². The van der Waals surface area contributed by atoms with E-state index in [9.17, 15) is 15.3 Å². The van der Waals surface area contributed by atoms with Gasteiger partial charge in [0.05, 0.1) is 12.9 Å². The summed E-state index contributed by atoms with van der Waals surface area (Å²) in [5, 5.41) is 33.5. The number of fused-ring (bicyclic) bond motifs is 1. The molecule has 2 aromatic heterocycles. The van der Waals surface area contributed by atoms with Crippen molar-refractivity contribution in [2.45, 2.75) is 38.4 Å². The van der Waals surface area contributed by atoms with Gasteiger partial charge < -0.3 is 30.1 Å². The summed E-state index contributed by atoms with van der Waals surface area (Å²) in [6, 6.07) is 4.98. The van der Waals surface area contributed by atoms with Crippen molar-refractivity contribution in [2.24, 2.45) is 0 Å². The molecular formula is C19H23N5O5. The van der Waals surface area contributed by atoms with Gasteiger partial charge in [-0.15, -0.1) is 0 Å². The Labute approximate surface area is 166 Å². The zero-order valence-corrected chi connectivity index (χ0v) is 16.3. The van der Waals surface area contributed by atoms with Crippen molar-refractivity contribution in [3.8, 4) is 5.75 Å². The molecule has 3 heterocycles. The van der Waals surface area contributed by atoms with Crippen LogP contribution < -0.4 is 5.32 Å². The summed E-state index contributed by atoms with van der Waals surface area (Å²) in [5.74, 6) is 1.17. The molecule has 0 saturated carbocycles. The van der Waals surface area contributed by atoms with Crippen molar-refractivity contribution in [3.05, 3.63) is 35.9 Å². The topological polar surface area (TPSA) is 135 Å². The van der Waals surface area contributed by atoms with E-state index < -0.39 is 24.5 Å². The lowest BCUT2D eigenvalue weighted by Gasteiger charge is -2.17. The minimum atomic E-state index is -1.15. The van der Waals surface area contributed by atoms with E-state index in [2.05, 4.69) is 20.3 Å². The molecule has 4 N–H and O–H groups in total. The molecule has 0 aliphatic carbocycles. The summed E-state index contributed by atoms with van der Waals surface area (Å²) in [6.45, 7) is 3.77. The highest BCUT2D eigenvalue weighted by atomic mass is 16.6. The van der Waals surface area contributed by atoms with Crippen LogP contribution >= 0.6 is 0 Å². The maximum Gasteiger partial charge on any atom is 0.167 e. The minimum Gasteiger partial charge on any atom is -0.508 e. The number of nitrogens with one attached hydrogen (secondary N) is 1. The van der Waals surface area contributed by atoms with Gasteiger partial charge in [-0.05, 0) is 37.6 Å². The van der Waals surface area contributed by atoms with Crippen molar-refractivity contribution in [3.63, 3.8) is 0 Å². The fourth-order valence-corrected chi connectivity index (χ4v) is 3.48. The second-order valence-corrected chi connectivity index (χ2v) is 7.07. The number of phenols is 1. The van der Waals surface area contributed by atoms with Crippen LogP contribution in [0, 0.1) is 13.8 Å². The molecule has 154 valence electrons. The number of aromatic hydroxyl groups is 1. The Morgan fingerprint density at radius 3 is 2.72 bits per heavy atom. The quantitative estimate of drug-likeness (QED) is 0.464. The van der Waals surface area contributed by atoms with Gasteiger partial charge in [-0.2, -0.15) is 0 Å². The molecule has 1 aromatic carbocycles. The van der Waals surface area contributed by atoms with Gasteiger partial charge in [0.15, 0.2) is 23.2 Å².